The first-order chi connectivity index (χ1) is 14.9. The van der Waals surface area contributed by atoms with Crippen LogP contribution < -0.4 is 27.2 Å². The van der Waals surface area contributed by atoms with Crippen molar-refractivity contribution in [1.29, 1.82) is 0 Å². The van der Waals surface area contributed by atoms with Crippen LogP contribution in [0, 0.1) is 0 Å². The molecular weight excluding hydrogens is 390 g/mol. The number of nitrogens with two attached hydrogens (primary N) is 2. The van der Waals surface area contributed by atoms with Crippen molar-refractivity contribution in [2.45, 2.75) is 0 Å². The van der Waals surface area contributed by atoms with Crippen molar-refractivity contribution in [1.82, 2.24) is 4.68 Å². The number of carbonyl (C=O) groups excluding carboxylic acids is 1. The predicted molar refractivity (Wildman–Crippen MR) is 126 cm³/mol. The smallest absolute Gasteiger partial charge is 0.276 e. The van der Waals surface area contributed by atoms with Crippen LogP contribution >= 0.6 is 0 Å². The molecule has 7 nitrogen and oxygen atoms in total. The van der Waals surface area contributed by atoms with Crippen LogP contribution in [0.15, 0.2) is 83.8 Å². The normalized spacial score (nSPS) is 10.8. The summed E-state index contributed by atoms with van der Waals surface area (Å²) in [5.41, 5.74) is 3.47. The van der Waals surface area contributed by atoms with E-state index < -0.39 is 0 Å². The first kappa shape index (κ1) is 20.2. The van der Waals surface area contributed by atoms with Crippen molar-refractivity contribution >= 4 is 28.1 Å². The predicted octanol–water partition coefficient (Wildman–Crippen LogP) is 2.97. The maximum atomic E-state index is 12.8. The van der Waals surface area contributed by atoms with Gasteiger partial charge in [0, 0.05) is 42.5 Å². The van der Waals surface area contributed by atoms with Gasteiger partial charge in [0.05, 0.1) is 5.69 Å². The Bertz CT molecular complexity index is 1310. The molecule has 0 bridgehead atoms. The topological polar surface area (TPSA) is 97.6 Å². The summed E-state index contributed by atoms with van der Waals surface area (Å²) in [6.07, 6.45) is 1.61. The highest BCUT2D eigenvalue weighted by Crippen LogP contribution is 2.28. The van der Waals surface area contributed by atoms with Gasteiger partial charge in [0.2, 0.25) is 0 Å². The van der Waals surface area contributed by atoms with Crippen LogP contribution in [-0.2, 0) is 0 Å². The molecule has 0 fully saturated rings. The molecule has 0 unspecified atom stereocenters. The summed E-state index contributed by atoms with van der Waals surface area (Å²) in [4.78, 5) is 27.0. The lowest BCUT2D eigenvalue weighted by Gasteiger charge is -2.18. The fourth-order valence-electron chi connectivity index (χ4n) is 3.50. The lowest BCUT2D eigenvalue weighted by Crippen LogP contribution is -2.37. The minimum absolute atomic E-state index is 0.255. The van der Waals surface area contributed by atoms with E-state index >= 15 is 0 Å². The standard InChI is InChI=1S/C24H23N5O2/c1-27(2)18-11-9-17(10-12-18)23(30)29(26)19-13-7-16(8-14-19)22-15-28(25)24(31)21-6-4-3-5-20(21)22/h3-15H,25-26H2,1-2H3. The molecule has 0 aliphatic heterocycles. The molecule has 7 heteroatoms. The molecule has 4 N–H and O–H groups in total. The van der Waals surface area contributed by atoms with E-state index in [1.54, 1.807) is 42.6 Å². The Hall–Kier alpha value is -4.10. The van der Waals surface area contributed by atoms with E-state index in [2.05, 4.69) is 0 Å². The number of hydrogen-bond acceptors (Lipinski definition) is 5. The number of pyridine rings is 1. The number of anilines is 2. The molecule has 1 heterocycles. The molecule has 3 aromatic carbocycles. The molecule has 31 heavy (non-hydrogen) atoms. The summed E-state index contributed by atoms with van der Waals surface area (Å²) in [5.74, 6) is 11.7. The Morgan fingerprint density at radius 1 is 0.839 bits per heavy atom. The van der Waals surface area contributed by atoms with E-state index in [4.69, 9.17) is 11.7 Å². The van der Waals surface area contributed by atoms with Crippen LogP contribution in [0.3, 0.4) is 0 Å². The van der Waals surface area contributed by atoms with Crippen LogP contribution in [0.5, 0.6) is 0 Å². The minimum atomic E-state index is -0.306. The number of amides is 1. The molecule has 0 radical (unpaired) electrons. The molecular formula is C24H23N5O2. The fraction of sp³-hybridized carbons (Fsp3) is 0.0833. The lowest BCUT2D eigenvalue weighted by atomic mass is 10.0. The highest BCUT2D eigenvalue weighted by molar-refractivity contribution is 6.05. The second kappa shape index (κ2) is 7.97. The molecule has 4 rings (SSSR count). The molecule has 0 aliphatic carbocycles. The Kier molecular flexibility index (Phi) is 5.19. The number of fused-ring (bicyclic) bond motifs is 1. The number of nitrogens with zero attached hydrogens (tertiary/aromatic N) is 3. The molecule has 1 aromatic heterocycles. The molecule has 4 aromatic rings. The Morgan fingerprint density at radius 2 is 1.42 bits per heavy atom. The molecule has 156 valence electrons. The zero-order chi connectivity index (χ0) is 22.1. The van der Waals surface area contributed by atoms with E-state index in [0.29, 0.717) is 16.6 Å². The van der Waals surface area contributed by atoms with Crippen LogP contribution in [0.25, 0.3) is 21.9 Å². The molecule has 0 atom stereocenters. The number of hydrogen-bond donors (Lipinski definition) is 2. The third-order valence-corrected chi connectivity index (χ3v) is 5.26. The summed E-state index contributed by atoms with van der Waals surface area (Å²) in [6, 6.07) is 21.8. The first-order valence-corrected chi connectivity index (χ1v) is 9.73. The number of rotatable bonds is 4. The minimum Gasteiger partial charge on any atom is -0.378 e. The zero-order valence-corrected chi connectivity index (χ0v) is 17.3. The quantitative estimate of drug-likeness (QED) is 0.305. The van der Waals surface area contributed by atoms with Gasteiger partial charge in [-0.25, -0.2) is 15.5 Å². The summed E-state index contributed by atoms with van der Waals surface area (Å²) >= 11 is 0. The first-order valence-electron chi connectivity index (χ1n) is 9.73. The van der Waals surface area contributed by atoms with Gasteiger partial charge < -0.3 is 10.7 Å². The van der Waals surface area contributed by atoms with Gasteiger partial charge in [-0.05, 0) is 53.4 Å². The van der Waals surface area contributed by atoms with Gasteiger partial charge in [0.25, 0.3) is 11.5 Å². The van der Waals surface area contributed by atoms with Gasteiger partial charge in [-0.1, -0.05) is 30.3 Å². The third kappa shape index (κ3) is 3.74. The number of nitrogen functional groups attached to an aromatic ring is 1. The van der Waals surface area contributed by atoms with Crippen LogP contribution in [0.1, 0.15) is 10.4 Å². The van der Waals surface area contributed by atoms with Crippen molar-refractivity contribution < 1.29 is 4.79 Å². The summed E-state index contributed by atoms with van der Waals surface area (Å²) in [5, 5.41) is 2.48. The maximum absolute atomic E-state index is 12.8. The van der Waals surface area contributed by atoms with E-state index in [1.807, 2.05) is 55.4 Å². The largest absolute Gasteiger partial charge is 0.378 e. The van der Waals surface area contributed by atoms with E-state index in [-0.39, 0.29) is 11.5 Å². The highest BCUT2D eigenvalue weighted by atomic mass is 16.2. The Morgan fingerprint density at radius 3 is 2.03 bits per heavy atom. The third-order valence-electron chi connectivity index (χ3n) is 5.26. The molecule has 0 saturated heterocycles. The van der Waals surface area contributed by atoms with Crippen molar-refractivity contribution in [3.05, 3.63) is 94.9 Å². The monoisotopic (exact) mass is 413 g/mol. The van der Waals surface area contributed by atoms with Crippen molar-refractivity contribution in [3.8, 4) is 11.1 Å². The van der Waals surface area contributed by atoms with Gasteiger partial charge in [-0.3, -0.25) is 9.59 Å². The zero-order valence-electron chi connectivity index (χ0n) is 17.3. The van der Waals surface area contributed by atoms with Gasteiger partial charge in [-0.2, -0.15) is 0 Å². The lowest BCUT2D eigenvalue weighted by molar-refractivity contribution is 0.0987. The maximum Gasteiger partial charge on any atom is 0.276 e. The van der Waals surface area contributed by atoms with Gasteiger partial charge in [0.15, 0.2) is 0 Å². The number of carbonyl (C=O) groups is 1. The van der Waals surface area contributed by atoms with Crippen LogP contribution in [0.2, 0.25) is 0 Å². The number of aromatic nitrogens is 1. The van der Waals surface area contributed by atoms with E-state index in [9.17, 15) is 9.59 Å². The summed E-state index contributed by atoms with van der Waals surface area (Å²) < 4.78 is 1.09. The second-order valence-electron chi connectivity index (χ2n) is 7.46. The SMILES string of the molecule is CN(C)c1ccc(C(=O)N(N)c2ccc(-c3cn(N)c(=O)c4ccccc34)cc2)cc1. The fourth-order valence-corrected chi connectivity index (χ4v) is 3.50. The van der Waals surface area contributed by atoms with Gasteiger partial charge in [-0.15, -0.1) is 0 Å². The Labute approximate surface area is 179 Å². The molecule has 1 amide bonds. The van der Waals surface area contributed by atoms with Crippen LogP contribution in [0.4, 0.5) is 11.4 Å². The van der Waals surface area contributed by atoms with Gasteiger partial charge >= 0.3 is 0 Å². The Balaban J connectivity index is 1.64. The number of benzene rings is 3. The highest BCUT2D eigenvalue weighted by Gasteiger charge is 2.15. The molecule has 0 saturated carbocycles. The van der Waals surface area contributed by atoms with E-state index in [0.717, 1.165) is 31.9 Å². The van der Waals surface area contributed by atoms with Gasteiger partial charge in [0.1, 0.15) is 0 Å². The summed E-state index contributed by atoms with van der Waals surface area (Å²) in [6.45, 7) is 0. The average Bonchev–Trinajstić information content (AvgIpc) is 2.80. The second-order valence-corrected chi connectivity index (χ2v) is 7.46. The van der Waals surface area contributed by atoms with Crippen molar-refractivity contribution in [3.63, 3.8) is 0 Å². The van der Waals surface area contributed by atoms with Crippen molar-refractivity contribution in [2.75, 3.05) is 29.8 Å². The number of hydrazine groups is 1. The molecule has 0 spiro atoms. The van der Waals surface area contributed by atoms with Crippen molar-refractivity contribution in [2.24, 2.45) is 5.84 Å². The summed E-state index contributed by atoms with van der Waals surface area (Å²) in [7, 11) is 3.88. The molecule has 0 aliphatic rings. The van der Waals surface area contributed by atoms with Crippen LogP contribution in [-0.4, -0.2) is 24.7 Å². The average molecular weight is 413 g/mol. The van der Waals surface area contributed by atoms with E-state index in [1.165, 1.54) is 0 Å².